The lowest BCUT2D eigenvalue weighted by Crippen LogP contribution is -2.00. The van der Waals surface area contributed by atoms with Gasteiger partial charge in [0.25, 0.3) is 0 Å². The number of nitrogens with one attached hydrogen (secondary N) is 1. The Balaban J connectivity index is 2.12. The Morgan fingerprint density at radius 3 is 2.68 bits per heavy atom. The van der Waals surface area contributed by atoms with Crippen LogP contribution in [0.25, 0.3) is 0 Å². The second-order valence-corrected chi connectivity index (χ2v) is 5.23. The third kappa shape index (κ3) is 3.69. The van der Waals surface area contributed by atoms with Gasteiger partial charge in [-0.25, -0.2) is 4.39 Å². The quantitative estimate of drug-likeness (QED) is 0.878. The van der Waals surface area contributed by atoms with Crippen molar-refractivity contribution in [2.45, 2.75) is 6.54 Å². The number of rotatable bonds is 3. The first-order chi connectivity index (χ1) is 9.08. The van der Waals surface area contributed by atoms with E-state index in [2.05, 4.69) is 27.3 Å². The van der Waals surface area contributed by atoms with Gasteiger partial charge in [0.1, 0.15) is 5.82 Å². The van der Waals surface area contributed by atoms with Gasteiger partial charge in [0.2, 0.25) is 0 Å². The highest BCUT2D eigenvalue weighted by molar-refractivity contribution is 9.10. The maximum atomic E-state index is 13.2. The molecule has 0 heterocycles. The number of hydrogen-bond acceptors (Lipinski definition) is 2. The summed E-state index contributed by atoms with van der Waals surface area (Å²) in [5, 5.41) is 12.3. The van der Waals surface area contributed by atoms with Crippen LogP contribution in [0.2, 0.25) is 5.02 Å². The lowest BCUT2D eigenvalue weighted by Gasteiger charge is -2.09. The van der Waals surface area contributed by atoms with Gasteiger partial charge in [0.15, 0.2) is 0 Å². The van der Waals surface area contributed by atoms with E-state index >= 15 is 0 Å². The van der Waals surface area contributed by atoms with Gasteiger partial charge in [-0.1, -0.05) is 11.6 Å². The van der Waals surface area contributed by atoms with Gasteiger partial charge in [-0.05, 0) is 57.9 Å². The Labute approximate surface area is 123 Å². The maximum absolute atomic E-state index is 13.2. The van der Waals surface area contributed by atoms with E-state index in [9.17, 15) is 4.39 Å². The van der Waals surface area contributed by atoms with Crippen LogP contribution in [-0.4, -0.2) is 0 Å². The minimum atomic E-state index is -0.358. The Bertz CT molecular complexity index is 632. The van der Waals surface area contributed by atoms with Crippen molar-refractivity contribution in [2.75, 3.05) is 5.32 Å². The van der Waals surface area contributed by atoms with Crippen LogP contribution in [0, 0.1) is 17.1 Å². The Hall–Kier alpha value is -1.57. The molecule has 2 aromatic carbocycles. The highest BCUT2D eigenvalue weighted by Gasteiger charge is 2.03. The average Bonchev–Trinajstić information content (AvgIpc) is 2.36. The van der Waals surface area contributed by atoms with Crippen molar-refractivity contribution in [2.24, 2.45) is 0 Å². The van der Waals surface area contributed by atoms with Crippen molar-refractivity contribution in [3.05, 3.63) is 62.8 Å². The lowest BCUT2D eigenvalue weighted by atomic mass is 10.2. The fourth-order valence-corrected chi connectivity index (χ4v) is 2.40. The number of halogens is 3. The van der Waals surface area contributed by atoms with Crippen LogP contribution in [0.5, 0.6) is 0 Å². The molecule has 0 atom stereocenters. The summed E-state index contributed by atoms with van der Waals surface area (Å²) < 4.78 is 14.0. The molecule has 0 aliphatic carbocycles. The van der Waals surface area contributed by atoms with Crippen molar-refractivity contribution in [1.29, 1.82) is 5.26 Å². The van der Waals surface area contributed by atoms with Crippen LogP contribution in [0.3, 0.4) is 0 Å². The monoisotopic (exact) mass is 338 g/mol. The van der Waals surface area contributed by atoms with Crippen LogP contribution in [-0.2, 0) is 6.54 Å². The molecule has 0 aliphatic heterocycles. The van der Waals surface area contributed by atoms with Crippen LogP contribution in [0.4, 0.5) is 10.1 Å². The molecule has 0 bridgehead atoms. The van der Waals surface area contributed by atoms with Crippen molar-refractivity contribution >= 4 is 33.2 Å². The van der Waals surface area contributed by atoms with E-state index in [1.54, 1.807) is 24.3 Å². The normalized spacial score (nSPS) is 10.0. The molecule has 0 radical (unpaired) electrons. The third-order valence-corrected chi connectivity index (χ3v) is 3.38. The minimum Gasteiger partial charge on any atom is -0.380 e. The number of nitriles is 1. The second-order valence-electron chi connectivity index (χ2n) is 3.94. The summed E-state index contributed by atoms with van der Waals surface area (Å²) in [6, 6.07) is 11.7. The number of hydrogen-bond donors (Lipinski definition) is 1. The Kier molecular flexibility index (Phi) is 4.41. The van der Waals surface area contributed by atoms with Gasteiger partial charge in [0, 0.05) is 21.7 Å². The maximum Gasteiger partial charge on any atom is 0.125 e. The summed E-state index contributed by atoms with van der Waals surface area (Å²) in [5.74, 6) is -0.358. The van der Waals surface area contributed by atoms with Gasteiger partial charge in [-0.15, -0.1) is 0 Å². The van der Waals surface area contributed by atoms with E-state index in [4.69, 9.17) is 16.9 Å². The lowest BCUT2D eigenvalue weighted by molar-refractivity contribution is 0.626. The molecular formula is C14H9BrClFN2. The average molecular weight is 340 g/mol. The molecule has 0 aliphatic rings. The van der Waals surface area contributed by atoms with Crippen molar-refractivity contribution in [1.82, 2.24) is 0 Å². The minimum absolute atomic E-state index is 0.358. The standard InChI is InChI=1S/C14H9BrClFN2/c15-13-5-9(7-18)1-2-14(13)19-8-10-3-11(16)6-12(17)4-10/h1-6,19H,8H2. The van der Waals surface area contributed by atoms with E-state index < -0.39 is 0 Å². The summed E-state index contributed by atoms with van der Waals surface area (Å²) in [6.45, 7) is 0.446. The molecule has 0 saturated heterocycles. The van der Waals surface area contributed by atoms with E-state index in [-0.39, 0.29) is 5.82 Å². The van der Waals surface area contributed by atoms with Crippen LogP contribution in [0.1, 0.15) is 11.1 Å². The smallest absolute Gasteiger partial charge is 0.125 e. The highest BCUT2D eigenvalue weighted by Crippen LogP contribution is 2.24. The first kappa shape index (κ1) is 13.9. The molecule has 0 amide bonds. The predicted molar refractivity (Wildman–Crippen MR) is 77.6 cm³/mol. The first-order valence-electron chi connectivity index (χ1n) is 5.47. The molecule has 2 nitrogen and oxygen atoms in total. The number of nitrogens with zero attached hydrogens (tertiary/aromatic N) is 1. The molecule has 0 fully saturated rings. The van der Waals surface area contributed by atoms with Gasteiger partial charge >= 0.3 is 0 Å². The summed E-state index contributed by atoms with van der Waals surface area (Å²) in [5.41, 5.74) is 2.16. The van der Waals surface area contributed by atoms with E-state index in [1.165, 1.54) is 12.1 Å². The summed E-state index contributed by atoms with van der Waals surface area (Å²) in [4.78, 5) is 0. The molecular weight excluding hydrogens is 331 g/mol. The predicted octanol–water partition coefficient (Wildman–Crippen LogP) is 4.73. The third-order valence-electron chi connectivity index (χ3n) is 2.50. The molecule has 1 N–H and O–H groups in total. The summed E-state index contributed by atoms with van der Waals surface area (Å²) >= 11 is 9.17. The van der Waals surface area contributed by atoms with Crippen LogP contribution < -0.4 is 5.32 Å². The molecule has 2 rings (SSSR count). The van der Waals surface area contributed by atoms with Crippen LogP contribution >= 0.6 is 27.5 Å². The highest BCUT2D eigenvalue weighted by atomic mass is 79.9. The zero-order chi connectivity index (χ0) is 13.8. The van der Waals surface area contributed by atoms with Crippen molar-refractivity contribution in [3.63, 3.8) is 0 Å². The van der Waals surface area contributed by atoms with Gasteiger partial charge in [0.05, 0.1) is 11.6 Å². The number of benzene rings is 2. The zero-order valence-corrected chi connectivity index (χ0v) is 12.1. The van der Waals surface area contributed by atoms with Gasteiger partial charge in [-0.2, -0.15) is 5.26 Å². The fraction of sp³-hybridized carbons (Fsp3) is 0.0714. The molecule has 0 spiro atoms. The van der Waals surface area contributed by atoms with E-state index in [0.29, 0.717) is 17.1 Å². The SMILES string of the molecule is N#Cc1ccc(NCc2cc(F)cc(Cl)c2)c(Br)c1. The first-order valence-corrected chi connectivity index (χ1v) is 6.64. The zero-order valence-electron chi connectivity index (χ0n) is 9.75. The van der Waals surface area contributed by atoms with E-state index in [1.807, 2.05) is 0 Å². The van der Waals surface area contributed by atoms with E-state index in [0.717, 1.165) is 15.7 Å². The molecule has 19 heavy (non-hydrogen) atoms. The molecule has 0 saturated carbocycles. The summed E-state index contributed by atoms with van der Waals surface area (Å²) in [6.07, 6.45) is 0. The molecule has 0 aromatic heterocycles. The molecule has 0 unspecified atom stereocenters. The fourth-order valence-electron chi connectivity index (χ4n) is 1.64. The molecule has 2 aromatic rings. The Morgan fingerprint density at radius 1 is 1.26 bits per heavy atom. The number of anilines is 1. The second kappa shape index (κ2) is 6.05. The Morgan fingerprint density at radius 2 is 2.05 bits per heavy atom. The summed E-state index contributed by atoms with van der Waals surface area (Å²) in [7, 11) is 0. The van der Waals surface area contributed by atoms with Crippen molar-refractivity contribution in [3.8, 4) is 6.07 Å². The molecule has 96 valence electrons. The van der Waals surface area contributed by atoms with Crippen molar-refractivity contribution < 1.29 is 4.39 Å². The van der Waals surface area contributed by atoms with Gasteiger partial charge in [-0.3, -0.25) is 0 Å². The topological polar surface area (TPSA) is 35.8 Å². The molecule has 5 heteroatoms. The van der Waals surface area contributed by atoms with Crippen LogP contribution in [0.15, 0.2) is 40.9 Å². The largest absolute Gasteiger partial charge is 0.380 e. The van der Waals surface area contributed by atoms with Gasteiger partial charge < -0.3 is 5.32 Å².